The Hall–Kier alpha value is -1.11. The molecular formula is C15H25N3O2S. The Kier molecular flexibility index (Phi) is 4.91. The summed E-state index contributed by atoms with van der Waals surface area (Å²) >= 11 is 0. The maximum Gasteiger partial charge on any atom is 0.240 e. The summed E-state index contributed by atoms with van der Waals surface area (Å²) < 4.78 is 27.5. The number of hydrogen-bond donors (Lipinski definition) is 2. The minimum atomic E-state index is -3.50. The lowest BCUT2D eigenvalue weighted by atomic mass is 10.0. The molecule has 1 heterocycles. The van der Waals surface area contributed by atoms with E-state index in [0.717, 1.165) is 30.5 Å². The van der Waals surface area contributed by atoms with E-state index >= 15 is 0 Å². The summed E-state index contributed by atoms with van der Waals surface area (Å²) in [6, 6.07) is 3.49. The topological polar surface area (TPSA) is 75.4 Å². The van der Waals surface area contributed by atoms with Gasteiger partial charge in [-0.2, -0.15) is 0 Å². The summed E-state index contributed by atoms with van der Waals surface area (Å²) in [6.45, 7) is 5.25. The lowest BCUT2D eigenvalue weighted by molar-refractivity contribution is 0.187. The smallest absolute Gasteiger partial charge is 0.240 e. The van der Waals surface area contributed by atoms with Gasteiger partial charge in [0.05, 0.1) is 4.90 Å². The molecule has 0 radical (unpaired) electrons. The number of nitrogens with one attached hydrogen (secondary N) is 1. The molecule has 0 bridgehead atoms. The van der Waals surface area contributed by atoms with Gasteiger partial charge < -0.3 is 10.6 Å². The second-order valence-electron chi connectivity index (χ2n) is 5.94. The molecule has 0 aromatic heterocycles. The zero-order valence-electron chi connectivity index (χ0n) is 13.0. The third-order valence-electron chi connectivity index (χ3n) is 4.42. The predicted octanol–water partition coefficient (Wildman–Crippen LogP) is 1.65. The van der Waals surface area contributed by atoms with Crippen LogP contribution in [-0.4, -0.2) is 39.5 Å². The van der Waals surface area contributed by atoms with Crippen molar-refractivity contribution in [2.24, 2.45) is 0 Å². The summed E-state index contributed by atoms with van der Waals surface area (Å²) in [5, 5.41) is 0. The van der Waals surface area contributed by atoms with Gasteiger partial charge in [-0.05, 0) is 63.5 Å². The van der Waals surface area contributed by atoms with Crippen LogP contribution in [-0.2, 0) is 10.0 Å². The fraction of sp³-hybridized carbons (Fsp3) is 0.600. The van der Waals surface area contributed by atoms with Crippen molar-refractivity contribution in [1.29, 1.82) is 0 Å². The van der Waals surface area contributed by atoms with Gasteiger partial charge in [0.15, 0.2) is 0 Å². The van der Waals surface area contributed by atoms with Crippen LogP contribution < -0.4 is 10.5 Å². The second-order valence-corrected chi connectivity index (χ2v) is 7.70. The van der Waals surface area contributed by atoms with Crippen molar-refractivity contribution >= 4 is 15.7 Å². The molecule has 0 aliphatic carbocycles. The van der Waals surface area contributed by atoms with E-state index in [2.05, 4.69) is 9.62 Å². The first-order valence-electron chi connectivity index (χ1n) is 7.38. The van der Waals surface area contributed by atoms with Crippen LogP contribution in [0, 0.1) is 13.8 Å². The van der Waals surface area contributed by atoms with Crippen molar-refractivity contribution in [2.45, 2.75) is 44.0 Å². The van der Waals surface area contributed by atoms with Crippen LogP contribution in [0.5, 0.6) is 0 Å². The van der Waals surface area contributed by atoms with Crippen LogP contribution in [0.15, 0.2) is 17.0 Å². The van der Waals surface area contributed by atoms with E-state index in [-0.39, 0.29) is 10.9 Å². The first kappa shape index (κ1) is 16.3. The number of aryl methyl sites for hydroxylation is 1. The van der Waals surface area contributed by atoms with Gasteiger partial charge in [0.25, 0.3) is 0 Å². The zero-order valence-corrected chi connectivity index (χ0v) is 13.8. The number of piperidine rings is 1. The fourth-order valence-corrected chi connectivity index (χ4v) is 3.89. The average Bonchev–Trinajstić information content (AvgIpc) is 2.43. The third-order valence-corrected chi connectivity index (χ3v) is 5.82. The first-order valence-corrected chi connectivity index (χ1v) is 8.86. The Bertz CT molecular complexity index is 590. The molecule has 3 N–H and O–H groups in total. The Morgan fingerprint density at radius 1 is 1.33 bits per heavy atom. The minimum Gasteiger partial charge on any atom is -0.398 e. The molecule has 1 unspecified atom stereocenters. The van der Waals surface area contributed by atoms with E-state index in [1.807, 2.05) is 20.9 Å². The van der Waals surface area contributed by atoms with Crippen LogP contribution >= 0.6 is 0 Å². The predicted molar refractivity (Wildman–Crippen MR) is 85.8 cm³/mol. The average molecular weight is 311 g/mol. The summed E-state index contributed by atoms with van der Waals surface area (Å²) in [5.74, 6) is 0. The Morgan fingerprint density at radius 2 is 2.05 bits per heavy atom. The van der Waals surface area contributed by atoms with Gasteiger partial charge in [-0.3, -0.25) is 0 Å². The van der Waals surface area contributed by atoms with Crippen LogP contribution in [0.25, 0.3) is 0 Å². The lowest BCUT2D eigenvalue weighted by Gasteiger charge is -2.32. The van der Waals surface area contributed by atoms with Crippen LogP contribution in [0.4, 0.5) is 5.69 Å². The molecule has 1 aromatic rings. The molecule has 2 rings (SSSR count). The van der Waals surface area contributed by atoms with Crippen molar-refractivity contribution in [2.75, 3.05) is 25.9 Å². The van der Waals surface area contributed by atoms with Crippen molar-refractivity contribution in [3.05, 3.63) is 23.3 Å². The Labute approximate surface area is 127 Å². The molecule has 1 aromatic carbocycles. The summed E-state index contributed by atoms with van der Waals surface area (Å²) in [5.41, 5.74) is 8.22. The van der Waals surface area contributed by atoms with Crippen LogP contribution in [0.3, 0.4) is 0 Å². The summed E-state index contributed by atoms with van der Waals surface area (Å²) in [7, 11) is -1.45. The lowest BCUT2D eigenvalue weighted by Crippen LogP contribution is -2.44. The van der Waals surface area contributed by atoms with E-state index in [1.165, 1.54) is 12.5 Å². The first-order chi connectivity index (χ1) is 9.81. The quantitative estimate of drug-likeness (QED) is 0.829. The molecule has 0 saturated carbocycles. The number of benzene rings is 1. The number of anilines is 1. The Morgan fingerprint density at radius 3 is 2.67 bits per heavy atom. The van der Waals surface area contributed by atoms with Crippen molar-refractivity contribution in [3.8, 4) is 0 Å². The van der Waals surface area contributed by atoms with Gasteiger partial charge in [0.2, 0.25) is 10.0 Å². The van der Waals surface area contributed by atoms with E-state index < -0.39 is 10.0 Å². The van der Waals surface area contributed by atoms with E-state index in [4.69, 9.17) is 5.73 Å². The van der Waals surface area contributed by atoms with Gasteiger partial charge in [0.1, 0.15) is 0 Å². The van der Waals surface area contributed by atoms with Crippen molar-refractivity contribution in [1.82, 2.24) is 9.62 Å². The maximum absolute atomic E-state index is 12.4. The SMILES string of the molecule is Cc1cc(S(=O)(=O)NCC2CCCCN2C)cc(N)c1C. The number of sulfonamides is 1. The molecule has 1 saturated heterocycles. The second kappa shape index (κ2) is 6.34. The fourth-order valence-electron chi connectivity index (χ4n) is 2.70. The third kappa shape index (κ3) is 3.75. The molecule has 118 valence electrons. The molecule has 1 fully saturated rings. The largest absolute Gasteiger partial charge is 0.398 e. The number of rotatable bonds is 4. The van der Waals surface area contributed by atoms with Crippen LogP contribution in [0.2, 0.25) is 0 Å². The van der Waals surface area contributed by atoms with Gasteiger partial charge in [-0.25, -0.2) is 13.1 Å². The maximum atomic E-state index is 12.4. The highest BCUT2D eigenvalue weighted by Gasteiger charge is 2.22. The van der Waals surface area contributed by atoms with E-state index in [9.17, 15) is 8.42 Å². The summed E-state index contributed by atoms with van der Waals surface area (Å²) in [6.07, 6.45) is 3.38. The highest BCUT2D eigenvalue weighted by Crippen LogP contribution is 2.22. The van der Waals surface area contributed by atoms with Crippen molar-refractivity contribution in [3.63, 3.8) is 0 Å². The monoisotopic (exact) mass is 311 g/mol. The number of hydrogen-bond acceptors (Lipinski definition) is 4. The normalized spacial score (nSPS) is 20.6. The number of nitrogens with zero attached hydrogens (tertiary/aromatic N) is 1. The summed E-state index contributed by atoms with van der Waals surface area (Å²) in [4.78, 5) is 2.47. The molecule has 1 aliphatic rings. The van der Waals surface area contributed by atoms with Gasteiger partial charge in [-0.1, -0.05) is 6.42 Å². The van der Waals surface area contributed by atoms with Crippen molar-refractivity contribution < 1.29 is 8.42 Å². The minimum absolute atomic E-state index is 0.251. The van der Waals surface area contributed by atoms with Crippen LogP contribution in [0.1, 0.15) is 30.4 Å². The number of nitrogen functional groups attached to an aromatic ring is 1. The van der Waals surface area contributed by atoms with Gasteiger partial charge >= 0.3 is 0 Å². The molecular weight excluding hydrogens is 286 g/mol. The van der Waals surface area contributed by atoms with Gasteiger partial charge in [-0.15, -0.1) is 0 Å². The molecule has 0 spiro atoms. The molecule has 1 aliphatic heterocycles. The molecule has 6 heteroatoms. The number of nitrogens with two attached hydrogens (primary N) is 1. The van der Waals surface area contributed by atoms with E-state index in [1.54, 1.807) is 6.07 Å². The molecule has 5 nitrogen and oxygen atoms in total. The van der Waals surface area contributed by atoms with Gasteiger partial charge in [0, 0.05) is 18.3 Å². The molecule has 1 atom stereocenters. The number of likely N-dealkylation sites (N-methyl/N-ethyl adjacent to an activating group) is 1. The molecule has 0 amide bonds. The number of likely N-dealkylation sites (tertiary alicyclic amines) is 1. The zero-order chi connectivity index (χ0) is 15.6. The highest BCUT2D eigenvalue weighted by molar-refractivity contribution is 7.89. The molecule has 21 heavy (non-hydrogen) atoms. The standard InChI is InChI=1S/C15H25N3O2S/c1-11-8-14(9-15(16)12(11)2)21(19,20)17-10-13-6-4-5-7-18(13)3/h8-9,13,17H,4-7,10,16H2,1-3H3. The highest BCUT2D eigenvalue weighted by atomic mass is 32.2. The Balaban J connectivity index is 2.11. The van der Waals surface area contributed by atoms with E-state index in [0.29, 0.717) is 12.2 Å².